The molecule has 164 valence electrons. The summed E-state index contributed by atoms with van der Waals surface area (Å²) < 4.78 is 47.1. The molecule has 0 saturated carbocycles. The number of aromatic nitrogens is 2. The fourth-order valence-corrected chi connectivity index (χ4v) is 5.51. The maximum Gasteiger partial charge on any atom is 0.268 e. The van der Waals surface area contributed by atoms with E-state index in [1.807, 2.05) is 0 Å². The lowest BCUT2D eigenvalue weighted by molar-refractivity contribution is -0.114. The van der Waals surface area contributed by atoms with Crippen LogP contribution in [-0.2, 0) is 14.8 Å². The molecule has 2 N–H and O–H groups in total. The van der Waals surface area contributed by atoms with Crippen LogP contribution in [0.15, 0.2) is 64.0 Å². The summed E-state index contributed by atoms with van der Waals surface area (Å²) in [5.41, 5.74) is 1.35. The van der Waals surface area contributed by atoms with E-state index < -0.39 is 15.8 Å². The highest BCUT2D eigenvalue weighted by atomic mass is 32.2. The molecule has 11 heteroatoms. The van der Waals surface area contributed by atoms with Gasteiger partial charge in [0.05, 0.1) is 4.88 Å². The average molecular weight is 473 g/mol. The van der Waals surface area contributed by atoms with E-state index in [-0.39, 0.29) is 22.5 Å². The number of benzene rings is 2. The van der Waals surface area contributed by atoms with E-state index in [9.17, 15) is 17.6 Å². The lowest BCUT2D eigenvalue weighted by Crippen LogP contribution is -2.13. The number of anilines is 2. The zero-order valence-corrected chi connectivity index (χ0v) is 18.6. The molecular formula is C21H17FN4O4S2. The topological polar surface area (TPSA) is 114 Å². The Morgan fingerprint density at radius 2 is 1.81 bits per heavy atom. The summed E-state index contributed by atoms with van der Waals surface area (Å²) >= 11 is 1.19. The Balaban J connectivity index is 1.57. The van der Waals surface area contributed by atoms with Gasteiger partial charge in [-0.1, -0.05) is 17.3 Å². The fourth-order valence-electron chi connectivity index (χ4n) is 2.94. The molecule has 4 rings (SSSR count). The Kier molecular flexibility index (Phi) is 5.76. The van der Waals surface area contributed by atoms with E-state index in [0.29, 0.717) is 26.7 Å². The van der Waals surface area contributed by atoms with Crippen LogP contribution in [0.4, 0.5) is 15.8 Å². The van der Waals surface area contributed by atoms with Crippen LogP contribution < -0.4 is 10.0 Å². The largest absolute Gasteiger partial charge is 0.333 e. The Hall–Kier alpha value is -3.57. The molecule has 2 aromatic heterocycles. The van der Waals surface area contributed by atoms with Crippen molar-refractivity contribution in [3.05, 3.63) is 65.3 Å². The van der Waals surface area contributed by atoms with Gasteiger partial charge in [0.15, 0.2) is 0 Å². The van der Waals surface area contributed by atoms with E-state index in [1.165, 1.54) is 42.5 Å². The van der Waals surface area contributed by atoms with Crippen LogP contribution in [0, 0.1) is 12.7 Å². The first-order valence-corrected chi connectivity index (χ1v) is 11.6. The van der Waals surface area contributed by atoms with Crippen molar-refractivity contribution in [1.82, 2.24) is 10.1 Å². The van der Waals surface area contributed by atoms with Crippen molar-refractivity contribution in [2.45, 2.75) is 18.7 Å². The van der Waals surface area contributed by atoms with Gasteiger partial charge in [0.2, 0.25) is 11.7 Å². The standard InChI is InChI=1S/C21H17FN4O4S2/c1-12-19(32(28,29)26-17-8-6-16(7-9-17)23-13(2)27)11-18(31-12)21-24-20(25-30-21)14-4-3-5-15(22)10-14/h3-11,26H,1-2H3,(H,23,27). The summed E-state index contributed by atoms with van der Waals surface area (Å²) in [5.74, 6) is -0.308. The van der Waals surface area contributed by atoms with Crippen molar-refractivity contribution < 1.29 is 22.1 Å². The smallest absolute Gasteiger partial charge is 0.268 e. The van der Waals surface area contributed by atoms with Crippen LogP contribution in [0.25, 0.3) is 22.2 Å². The highest BCUT2D eigenvalue weighted by Gasteiger charge is 2.23. The highest BCUT2D eigenvalue weighted by Crippen LogP contribution is 2.34. The summed E-state index contributed by atoms with van der Waals surface area (Å²) in [4.78, 5) is 16.5. The van der Waals surface area contributed by atoms with Gasteiger partial charge in [-0.25, -0.2) is 12.8 Å². The number of amides is 1. The van der Waals surface area contributed by atoms with Gasteiger partial charge >= 0.3 is 0 Å². The number of carbonyl (C=O) groups excluding carboxylic acids is 1. The molecule has 0 fully saturated rings. The number of hydrogen-bond donors (Lipinski definition) is 2. The minimum atomic E-state index is -3.88. The van der Waals surface area contributed by atoms with Gasteiger partial charge in [0, 0.05) is 28.7 Å². The number of hydrogen-bond acceptors (Lipinski definition) is 7. The molecule has 2 aromatic carbocycles. The van der Waals surface area contributed by atoms with Crippen molar-refractivity contribution in [2.24, 2.45) is 0 Å². The van der Waals surface area contributed by atoms with Gasteiger partial charge in [0.1, 0.15) is 10.7 Å². The number of nitrogens with zero attached hydrogens (tertiary/aromatic N) is 2. The van der Waals surface area contributed by atoms with Crippen molar-refractivity contribution >= 4 is 38.6 Å². The third-order valence-electron chi connectivity index (χ3n) is 4.34. The Morgan fingerprint density at radius 3 is 2.50 bits per heavy atom. The minimum Gasteiger partial charge on any atom is -0.333 e. The van der Waals surface area contributed by atoms with Gasteiger partial charge in [-0.05, 0) is 49.4 Å². The number of aryl methyl sites for hydroxylation is 1. The van der Waals surface area contributed by atoms with Crippen molar-refractivity contribution in [2.75, 3.05) is 10.0 Å². The van der Waals surface area contributed by atoms with Crippen molar-refractivity contribution in [3.63, 3.8) is 0 Å². The number of sulfonamides is 1. The number of carbonyl (C=O) groups is 1. The zero-order valence-electron chi connectivity index (χ0n) is 16.9. The minimum absolute atomic E-state index is 0.0777. The molecule has 1 amide bonds. The summed E-state index contributed by atoms with van der Waals surface area (Å²) in [6.45, 7) is 3.06. The monoisotopic (exact) mass is 472 g/mol. The van der Waals surface area contributed by atoms with Gasteiger partial charge in [-0.2, -0.15) is 4.98 Å². The molecule has 0 aliphatic rings. The second-order valence-corrected chi connectivity index (χ2v) is 9.74. The predicted molar refractivity (Wildman–Crippen MR) is 119 cm³/mol. The lowest BCUT2D eigenvalue weighted by Gasteiger charge is -2.08. The summed E-state index contributed by atoms with van der Waals surface area (Å²) in [7, 11) is -3.88. The molecule has 0 bridgehead atoms. The van der Waals surface area contributed by atoms with Crippen LogP contribution in [0.1, 0.15) is 11.8 Å². The highest BCUT2D eigenvalue weighted by molar-refractivity contribution is 7.93. The molecular weight excluding hydrogens is 455 g/mol. The van der Waals surface area contributed by atoms with Crippen LogP contribution in [0.3, 0.4) is 0 Å². The third kappa shape index (κ3) is 4.68. The van der Waals surface area contributed by atoms with Crippen LogP contribution in [0.5, 0.6) is 0 Å². The van der Waals surface area contributed by atoms with Gasteiger partial charge < -0.3 is 9.84 Å². The SMILES string of the molecule is CC(=O)Nc1ccc(NS(=O)(=O)c2cc(-c3nc(-c4cccc(F)c4)no3)sc2C)cc1. The first-order valence-electron chi connectivity index (χ1n) is 9.32. The summed E-state index contributed by atoms with van der Waals surface area (Å²) in [5, 5.41) is 6.48. The molecule has 0 aliphatic carbocycles. The fraction of sp³-hybridized carbons (Fsp3) is 0.0952. The molecule has 0 saturated heterocycles. The van der Waals surface area contributed by atoms with E-state index in [1.54, 1.807) is 37.3 Å². The van der Waals surface area contributed by atoms with E-state index in [4.69, 9.17) is 4.52 Å². The summed E-state index contributed by atoms with van der Waals surface area (Å²) in [6.07, 6.45) is 0. The number of halogens is 1. The molecule has 2 heterocycles. The van der Waals surface area contributed by atoms with E-state index >= 15 is 0 Å². The third-order valence-corrected chi connectivity index (χ3v) is 7.01. The molecule has 0 spiro atoms. The normalized spacial score (nSPS) is 11.3. The Labute approximate surface area is 187 Å². The average Bonchev–Trinajstić information content (AvgIpc) is 3.36. The zero-order chi connectivity index (χ0) is 22.9. The van der Waals surface area contributed by atoms with Gasteiger partial charge in [0.25, 0.3) is 15.9 Å². The maximum atomic E-state index is 13.5. The Morgan fingerprint density at radius 1 is 1.09 bits per heavy atom. The van der Waals surface area contributed by atoms with Crippen LogP contribution in [0.2, 0.25) is 0 Å². The quantitative estimate of drug-likeness (QED) is 0.421. The van der Waals surface area contributed by atoms with Crippen LogP contribution >= 0.6 is 11.3 Å². The number of rotatable bonds is 6. The molecule has 0 unspecified atom stereocenters. The summed E-state index contributed by atoms with van der Waals surface area (Å²) in [6, 6.07) is 13.5. The molecule has 0 aliphatic heterocycles. The number of thiophene rings is 1. The Bertz CT molecular complexity index is 1400. The second-order valence-electron chi connectivity index (χ2n) is 6.83. The van der Waals surface area contributed by atoms with E-state index in [0.717, 1.165) is 0 Å². The van der Waals surface area contributed by atoms with Gasteiger partial charge in [-0.15, -0.1) is 11.3 Å². The van der Waals surface area contributed by atoms with Gasteiger partial charge in [-0.3, -0.25) is 9.52 Å². The van der Waals surface area contributed by atoms with Crippen molar-refractivity contribution in [3.8, 4) is 22.2 Å². The number of nitrogens with one attached hydrogen (secondary N) is 2. The lowest BCUT2D eigenvalue weighted by atomic mass is 10.2. The first-order chi connectivity index (χ1) is 15.2. The molecule has 4 aromatic rings. The van der Waals surface area contributed by atoms with Crippen LogP contribution in [-0.4, -0.2) is 24.5 Å². The second kappa shape index (κ2) is 8.52. The molecule has 32 heavy (non-hydrogen) atoms. The molecule has 0 radical (unpaired) electrons. The molecule has 0 atom stereocenters. The maximum absolute atomic E-state index is 13.5. The predicted octanol–water partition coefficient (Wildman–Crippen LogP) is 4.67. The molecule has 8 nitrogen and oxygen atoms in total. The first kappa shape index (κ1) is 21.7. The van der Waals surface area contributed by atoms with Crippen molar-refractivity contribution in [1.29, 1.82) is 0 Å². The van der Waals surface area contributed by atoms with E-state index in [2.05, 4.69) is 20.2 Å².